The highest BCUT2D eigenvalue weighted by Gasteiger charge is 2.27. The SMILES string of the molecule is Cc1nc(C[C@H]2CCCN(C(=O)CC(C)(C)C)C2)cc(C(N)=O)n1. The van der Waals surface area contributed by atoms with Crippen LogP contribution in [0.1, 0.15) is 62.0 Å². The van der Waals surface area contributed by atoms with Crippen LogP contribution >= 0.6 is 0 Å². The molecule has 2 N–H and O–H groups in total. The molecule has 0 spiro atoms. The van der Waals surface area contributed by atoms with Gasteiger partial charge < -0.3 is 10.6 Å². The fourth-order valence-corrected chi connectivity index (χ4v) is 3.18. The van der Waals surface area contributed by atoms with Gasteiger partial charge in [-0.2, -0.15) is 0 Å². The number of aromatic nitrogens is 2. The molecule has 1 aliphatic heterocycles. The van der Waals surface area contributed by atoms with Gasteiger partial charge in [-0.25, -0.2) is 9.97 Å². The number of carbonyl (C=O) groups excluding carboxylic acids is 2. The van der Waals surface area contributed by atoms with Crippen molar-refractivity contribution >= 4 is 11.8 Å². The van der Waals surface area contributed by atoms with E-state index >= 15 is 0 Å². The van der Waals surface area contributed by atoms with Crippen molar-refractivity contribution in [3.05, 3.63) is 23.3 Å². The number of hydrogen-bond acceptors (Lipinski definition) is 4. The van der Waals surface area contributed by atoms with Crippen LogP contribution in [-0.4, -0.2) is 39.8 Å². The summed E-state index contributed by atoms with van der Waals surface area (Å²) in [7, 11) is 0. The minimum atomic E-state index is -0.535. The Kier molecular flexibility index (Phi) is 5.57. The molecule has 1 aromatic heterocycles. The number of piperidine rings is 1. The number of hydrogen-bond donors (Lipinski definition) is 1. The van der Waals surface area contributed by atoms with Crippen molar-refractivity contribution in [3.63, 3.8) is 0 Å². The van der Waals surface area contributed by atoms with Crippen LogP contribution < -0.4 is 5.73 Å². The van der Waals surface area contributed by atoms with Crippen LogP contribution in [0.4, 0.5) is 0 Å². The van der Waals surface area contributed by atoms with E-state index in [4.69, 9.17) is 5.73 Å². The molecule has 6 nitrogen and oxygen atoms in total. The van der Waals surface area contributed by atoms with Crippen LogP contribution in [0.25, 0.3) is 0 Å². The Balaban J connectivity index is 2.03. The fourth-order valence-electron chi connectivity index (χ4n) is 3.18. The average molecular weight is 332 g/mol. The number of aryl methyl sites for hydroxylation is 1. The molecule has 1 saturated heterocycles. The number of nitrogens with zero attached hydrogens (tertiary/aromatic N) is 3. The summed E-state index contributed by atoms with van der Waals surface area (Å²) < 4.78 is 0. The molecule has 0 aliphatic carbocycles. The van der Waals surface area contributed by atoms with Crippen LogP contribution in [0.15, 0.2) is 6.07 Å². The summed E-state index contributed by atoms with van der Waals surface area (Å²) >= 11 is 0. The molecule has 1 atom stereocenters. The van der Waals surface area contributed by atoms with Gasteiger partial charge in [-0.1, -0.05) is 20.8 Å². The monoisotopic (exact) mass is 332 g/mol. The zero-order chi connectivity index (χ0) is 17.9. The molecular formula is C18H28N4O2. The molecule has 0 saturated carbocycles. The van der Waals surface area contributed by atoms with Crippen LogP contribution in [0.5, 0.6) is 0 Å². The minimum absolute atomic E-state index is 0.00415. The third kappa shape index (κ3) is 5.28. The van der Waals surface area contributed by atoms with Gasteiger partial charge in [0.15, 0.2) is 0 Å². The van der Waals surface area contributed by atoms with Gasteiger partial charge in [-0.05, 0) is 43.6 Å². The molecule has 0 radical (unpaired) electrons. The maximum absolute atomic E-state index is 12.4. The zero-order valence-corrected chi connectivity index (χ0v) is 15.1. The van der Waals surface area contributed by atoms with E-state index in [1.807, 2.05) is 4.90 Å². The smallest absolute Gasteiger partial charge is 0.267 e. The number of amides is 2. The fraction of sp³-hybridized carbons (Fsp3) is 0.667. The van der Waals surface area contributed by atoms with Crippen molar-refractivity contribution in [2.45, 2.75) is 53.4 Å². The summed E-state index contributed by atoms with van der Waals surface area (Å²) in [6.07, 6.45) is 3.38. The molecule has 2 rings (SSSR count). The largest absolute Gasteiger partial charge is 0.364 e. The number of nitrogens with two attached hydrogens (primary N) is 1. The molecule has 24 heavy (non-hydrogen) atoms. The first kappa shape index (κ1) is 18.4. The van der Waals surface area contributed by atoms with Gasteiger partial charge in [0.05, 0.1) is 0 Å². The Labute approximate surface area is 143 Å². The third-order valence-electron chi connectivity index (χ3n) is 4.19. The molecule has 0 aromatic carbocycles. The van der Waals surface area contributed by atoms with Crippen molar-refractivity contribution < 1.29 is 9.59 Å². The summed E-state index contributed by atoms with van der Waals surface area (Å²) in [6.45, 7) is 9.60. The van der Waals surface area contributed by atoms with Crippen LogP contribution in [-0.2, 0) is 11.2 Å². The molecule has 0 unspecified atom stereocenters. The quantitative estimate of drug-likeness (QED) is 0.914. The molecule has 0 bridgehead atoms. The van der Waals surface area contributed by atoms with Gasteiger partial charge in [-0.15, -0.1) is 0 Å². The van der Waals surface area contributed by atoms with E-state index in [9.17, 15) is 9.59 Å². The van der Waals surface area contributed by atoms with Crippen LogP contribution in [0.2, 0.25) is 0 Å². The summed E-state index contributed by atoms with van der Waals surface area (Å²) in [4.78, 5) is 34.3. The first-order chi connectivity index (χ1) is 11.1. The normalized spacial score (nSPS) is 18.5. The van der Waals surface area contributed by atoms with E-state index in [2.05, 4.69) is 30.7 Å². The summed E-state index contributed by atoms with van der Waals surface area (Å²) in [6, 6.07) is 1.67. The van der Waals surface area contributed by atoms with Gasteiger partial charge in [-0.3, -0.25) is 9.59 Å². The summed E-state index contributed by atoms with van der Waals surface area (Å²) in [5.74, 6) is 0.603. The van der Waals surface area contributed by atoms with Crippen LogP contribution in [0, 0.1) is 18.3 Å². The van der Waals surface area contributed by atoms with E-state index in [1.54, 1.807) is 13.0 Å². The minimum Gasteiger partial charge on any atom is -0.364 e. The van der Waals surface area contributed by atoms with E-state index in [1.165, 1.54) is 0 Å². The molecule has 1 aliphatic rings. The first-order valence-corrected chi connectivity index (χ1v) is 8.56. The Morgan fingerprint density at radius 3 is 2.67 bits per heavy atom. The first-order valence-electron chi connectivity index (χ1n) is 8.56. The van der Waals surface area contributed by atoms with E-state index in [0.29, 0.717) is 18.2 Å². The standard InChI is InChI=1S/C18H28N4O2/c1-12-20-14(9-15(21-12)17(19)24)8-13-6-5-7-22(11-13)16(23)10-18(2,3)4/h9,13H,5-8,10-11H2,1-4H3,(H2,19,24)/t13-/m1/s1. The van der Waals surface area contributed by atoms with Crippen molar-refractivity contribution in [1.29, 1.82) is 0 Å². The second-order valence-corrected chi connectivity index (χ2v) is 7.95. The molecule has 2 heterocycles. The van der Waals surface area contributed by atoms with E-state index in [-0.39, 0.29) is 17.0 Å². The molecule has 1 aromatic rings. The zero-order valence-electron chi connectivity index (χ0n) is 15.1. The lowest BCUT2D eigenvalue weighted by Crippen LogP contribution is -2.41. The topological polar surface area (TPSA) is 89.2 Å². The Morgan fingerprint density at radius 1 is 1.33 bits per heavy atom. The second kappa shape index (κ2) is 7.28. The van der Waals surface area contributed by atoms with Crippen molar-refractivity contribution in [3.8, 4) is 0 Å². The van der Waals surface area contributed by atoms with Gasteiger partial charge in [0.1, 0.15) is 11.5 Å². The number of carbonyl (C=O) groups is 2. The van der Waals surface area contributed by atoms with Crippen molar-refractivity contribution in [2.75, 3.05) is 13.1 Å². The highest BCUT2D eigenvalue weighted by Crippen LogP contribution is 2.25. The van der Waals surface area contributed by atoms with E-state index in [0.717, 1.165) is 38.0 Å². The summed E-state index contributed by atoms with van der Waals surface area (Å²) in [5, 5.41) is 0. The van der Waals surface area contributed by atoms with Crippen molar-refractivity contribution in [2.24, 2.45) is 17.1 Å². The van der Waals surface area contributed by atoms with Gasteiger partial charge in [0.25, 0.3) is 5.91 Å². The number of primary amides is 1. The maximum Gasteiger partial charge on any atom is 0.267 e. The predicted octanol–water partition coefficient (Wildman–Crippen LogP) is 2.10. The highest BCUT2D eigenvalue weighted by atomic mass is 16.2. The van der Waals surface area contributed by atoms with E-state index < -0.39 is 5.91 Å². The highest BCUT2D eigenvalue weighted by molar-refractivity contribution is 5.90. The molecule has 1 fully saturated rings. The molecule has 132 valence electrons. The summed E-state index contributed by atoms with van der Waals surface area (Å²) in [5.41, 5.74) is 6.41. The number of likely N-dealkylation sites (tertiary alicyclic amines) is 1. The lowest BCUT2D eigenvalue weighted by molar-refractivity contribution is -0.134. The molecule has 6 heteroatoms. The van der Waals surface area contributed by atoms with Crippen molar-refractivity contribution in [1.82, 2.24) is 14.9 Å². The van der Waals surface area contributed by atoms with Gasteiger partial charge >= 0.3 is 0 Å². The Hall–Kier alpha value is -1.98. The second-order valence-electron chi connectivity index (χ2n) is 7.95. The van der Waals surface area contributed by atoms with Gasteiger partial charge in [0.2, 0.25) is 5.91 Å². The lowest BCUT2D eigenvalue weighted by Gasteiger charge is -2.34. The molecular weight excluding hydrogens is 304 g/mol. The maximum atomic E-state index is 12.4. The Bertz CT molecular complexity index is 622. The lowest BCUT2D eigenvalue weighted by atomic mass is 9.89. The average Bonchev–Trinajstić information content (AvgIpc) is 2.45. The van der Waals surface area contributed by atoms with Crippen LogP contribution in [0.3, 0.4) is 0 Å². The molecule has 2 amide bonds. The third-order valence-corrected chi connectivity index (χ3v) is 4.19. The van der Waals surface area contributed by atoms with Gasteiger partial charge in [0, 0.05) is 25.2 Å². The predicted molar refractivity (Wildman–Crippen MR) is 92.4 cm³/mol. The number of rotatable bonds is 4. The Morgan fingerprint density at radius 2 is 2.04 bits per heavy atom.